The van der Waals surface area contributed by atoms with Crippen molar-refractivity contribution in [3.63, 3.8) is 0 Å². The minimum Gasteiger partial charge on any atom is -0.375 e. The van der Waals surface area contributed by atoms with E-state index >= 15 is 0 Å². The molecule has 0 spiro atoms. The molecule has 1 aromatic carbocycles. The molecule has 1 saturated heterocycles. The molecule has 1 aliphatic rings. The zero-order valence-electron chi connectivity index (χ0n) is 11.4. The quantitative estimate of drug-likeness (QED) is 0.905. The van der Waals surface area contributed by atoms with Gasteiger partial charge in [0.2, 0.25) is 0 Å². The van der Waals surface area contributed by atoms with E-state index < -0.39 is 24.7 Å². The van der Waals surface area contributed by atoms with Crippen molar-refractivity contribution >= 4 is 5.69 Å². The van der Waals surface area contributed by atoms with Crippen LogP contribution in [0.5, 0.6) is 0 Å². The van der Waals surface area contributed by atoms with E-state index in [1.807, 2.05) is 0 Å². The molecular formula is C14H19F3N2O. The minimum absolute atomic E-state index is 0.123. The maximum atomic E-state index is 13.2. The zero-order chi connectivity index (χ0) is 14.8. The molecule has 1 aliphatic heterocycles. The van der Waals surface area contributed by atoms with Gasteiger partial charge in [0.05, 0.1) is 18.7 Å². The highest BCUT2D eigenvalue weighted by atomic mass is 19.3. The first-order valence-electron chi connectivity index (χ1n) is 6.54. The van der Waals surface area contributed by atoms with Crippen LogP contribution in [-0.2, 0) is 4.74 Å². The van der Waals surface area contributed by atoms with E-state index in [0.717, 1.165) is 11.3 Å². The zero-order valence-corrected chi connectivity index (χ0v) is 11.4. The smallest absolute Gasteiger partial charge is 0.266 e. The molecule has 0 aromatic heterocycles. The summed E-state index contributed by atoms with van der Waals surface area (Å²) in [5.74, 6) is -2.62. The van der Waals surface area contributed by atoms with Gasteiger partial charge in [-0.25, -0.2) is 13.2 Å². The Morgan fingerprint density at radius 1 is 1.35 bits per heavy atom. The van der Waals surface area contributed by atoms with Crippen LogP contribution in [0.2, 0.25) is 0 Å². The van der Waals surface area contributed by atoms with Gasteiger partial charge in [-0.15, -0.1) is 0 Å². The summed E-state index contributed by atoms with van der Waals surface area (Å²) in [6, 6.07) is 6.24. The van der Waals surface area contributed by atoms with Crippen molar-refractivity contribution in [3.8, 4) is 0 Å². The van der Waals surface area contributed by atoms with Gasteiger partial charge >= 0.3 is 0 Å². The lowest BCUT2D eigenvalue weighted by Crippen LogP contribution is -2.31. The van der Waals surface area contributed by atoms with Gasteiger partial charge in [-0.3, -0.25) is 0 Å². The van der Waals surface area contributed by atoms with Crippen molar-refractivity contribution in [2.45, 2.75) is 24.5 Å². The van der Waals surface area contributed by atoms with Crippen LogP contribution in [0.1, 0.15) is 18.1 Å². The van der Waals surface area contributed by atoms with Crippen LogP contribution in [0.15, 0.2) is 24.3 Å². The average Bonchev–Trinajstić information content (AvgIpc) is 2.80. The van der Waals surface area contributed by atoms with E-state index in [-0.39, 0.29) is 13.0 Å². The van der Waals surface area contributed by atoms with Gasteiger partial charge < -0.3 is 15.4 Å². The number of halogens is 3. The van der Waals surface area contributed by atoms with Gasteiger partial charge in [0.25, 0.3) is 5.92 Å². The topological polar surface area (TPSA) is 38.5 Å². The molecule has 6 heteroatoms. The van der Waals surface area contributed by atoms with Gasteiger partial charge in [0, 0.05) is 25.8 Å². The maximum absolute atomic E-state index is 13.2. The Morgan fingerprint density at radius 3 is 2.45 bits per heavy atom. The summed E-state index contributed by atoms with van der Waals surface area (Å²) < 4.78 is 44.2. The van der Waals surface area contributed by atoms with Gasteiger partial charge in [-0.05, 0) is 17.7 Å². The van der Waals surface area contributed by atoms with Crippen molar-refractivity contribution in [1.29, 1.82) is 0 Å². The lowest BCUT2D eigenvalue weighted by molar-refractivity contribution is 0.0257. The van der Waals surface area contributed by atoms with E-state index in [0.29, 0.717) is 6.54 Å². The van der Waals surface area contributed by atoms with Crippen LogP contribution in [-0.4, -0.2) is 38.8 Å². The summed E-state index contributed by atoms with van der Waals surface area (Å²) in [6.45, 7) is -0.604. The van der Waals surface area contributed by atoms with Crippen LogP contribution in [0.3, 0.4) is 0 Å². The molecule has 1 fully saturated rings. The lowest BCUT2D eigenvalue weighted by atomic mass is 10.0. The van der Waals surface area contributed by atoms with Crippen LogP contribution in [0, 0.1) is 0 Å². The second-order valence-electron chi connectivity index (χ2n) is 5.09. The van der Waals surface area contributed by atoms with Crippen molar-refractivity contribution in [1.82, 2.24) is 0 Å². The molecule has 2 atom stereocenters. The number of alkyl halides is 3. The van der Waals surface area contributed by atoms with Crippen molar-refractivity contribution in [2.75, 3.05) is 31.8 Å². The van der Waals surface area contributed by atoms with Crippen LogP contribution >= 0.6 is 0 Å². The second-order valence-corrected chi connectivity index (χ2v) is 5.09. The number of benzene rings is 1. The third-order valence-corrected chi connectivity index (χ3v) is 3.58. The van der Waals surface area contributed by atoms with Crippen LogP contribution < -0.4 is 10.6 Å². The number of methoxy groups -OCH3 is 1. The average molecular weight is 288 g/mol. The first kappa shape index (κ1) is 15.1. The fourth-order valence-corrected chi connectivity index (χ4v) is 2.47. The predicted molar refractivity (Wildman–Crippen MR) is 71.9 cm³/mol. The Bertz CT molecular complexity index is 439. The van der Waals surface area contributed by atoms with Crippen LogP contribution in [0.4, 0.5) is 18.9 Å². The Morgan fingerprint density at radius 2 is 2.00 bits per heavy atom. The van der Waals surface area contributed by atoms with E-state index in [9.17, 15) is 13.2 Å². The standard InChI is InChI=1S/C14H19F3N2O/c1-20-13(12(18)8-15)10-2-4-11(5-3-10)19-7-6-14(16,17)9-19/h2-5,12-13H,6-9,18H2,1H3. The largest absolute Gasteiger partial charge is 0.375 e. The van der Waals surface area contributed by atoms with E-state index in [1.165, 1.54) is 7.11 Å². The number of hydrogen-bond donors (Lipinski definition) is 1. The number of nitrogens with two attached hydrogens (primary N) is 1. The molecule has 0 bridgehead atoms. The fraction of sp³-hybridized carbons (Fsp3) is 0.571. The normalized spacial score (nSPS) is 20.9. The Balaban J connectivity index is 2.10. The molecule has 0 aliphatic carbocycles. The summed E-state index contributed by atoms with van der Waals surface area (Å²) in [4.78, 5) is 1.64. The summed E-state index contributed by atoms with van der Waals surface area (Å²) in [7, 11) is 1.47. The Labute approximate surface area is 116 Å². The Kier molecular flexibility index (Phi) is 4.55. The van der Waals surface area contributed by atoms with Gasteiger partial charge in [-0.2, -0.15) is 0 Å². The second kappa shape index (κ2) is 6.01. The van der Waals surface area contributed by atoms with Crippen molar-refractivity contribution < 1.29 is 17.9 Å². The number of ether oxygens (including phenoxy) is 1. The third kappa shape index (κ3) is 3.24. The molecule has 0 amide bonds. The summed E-state index contributed by atoms with van der Waals surface area (Å²) >= 11 is 0. The van der Waals surface area contributed by atoms with E-state index in [1.54, 1.807) is 29.2 Å². The van der Waals surface area contributed by atoms with Crippen LogP contribution in [0.25, 0.3) is 0 Å². The molecule has 112 valence electrons. The molecule has 2 N–H and O–H groups in total. The summed E-state index contributed by atoms with van der Waals surface area (Å²) in [5.41, 5.74) is 7.12. The monoisotopic (exact) mass is 288 g/mol. The van der Waals surface area contributed by atoms with Gasteiger partial charge in [-0.1, -0.05) is 12.1 Å². The molecule has 20 heavy (non-hydrogen) atoms. The highest BCUT2D eigenvalue weighted by Gasteiger charge is 2.38. The van der Waals surface area contributed by atoms with E-state index in [2.05, 4.69) is 0 Å². The number of hydrogen-bond acceptors (Lipinski definition) is 3. The fourth-order valence-electron chi connectivity index (χ4n) is 2.47. The van der Waals surface area contributed by atoms with Crippen molar-refractivity contribution in [3.05, 3.63) is 29.8 Å². The lowest BCUT2D eigenvalue weighted by Gasteiger charge is -2.22. The molecule has 1 heterocycles. The maximum Gasteiger partial charge on any atom is 0.266 e. The molecule has 0 saturated carbocycles. The highest BCUT2D eigenvalue weighted by molar-refractivity contribution is 5.49. The van der Waals surface area contributed by atoms with Crippen molar-refractivity contribution in [2.24, 2.45) is 5.73 Å². The number of nitrogens with zero attached hydrogens (tertiary/aromatic N) is 1. The molecule has 1 aromatic rings. The molecule has 0 radical (unpaired) electrons. The molecule has 2 unspecified atom stereocenters. The van der Waals surface area contributed by atoms with Gasteiger partial charge in [0.15, 0.2) is 0 Å². The first-order valence-corrected chi connectivity index (χ1v) is 6.54. The minimum atomic E-state index is -2.62. The SMILES string of the molecule is COC(c1ccc(N2CCC(F)(F)C2)cc1)C(N)CF. The number of rotatable bonds is 5. The molecule has 2 rings (SSSR count). The van der Waals surface area contributed by atoms with Gasteiger partial charge in [0.1, 0.15) is 6.67 Å². The molecular weight excluding hydrogens is 269 g/mol. The van der Waals surface area contributed by atoms with E-state index in [4.69, 9.17) is 10.5 Å². The third-order valence-electron chi connectivity index (χ3n) is 3.58. The Hall–Kier alpha value is -1.27. The highest BCUT2D eigenvalue weighted by Crippen LogP contribution is 2.31. The first-order chi connectivity index (χ1) is 9.46. The summed E-state index contributed by atoms with van der Waals surface area (Å²) in [6.07, 6.45) is -0.656. The summed E-state index contributed by atoms with van der Waals surface area (Å²) in [5, 5.41) is 0. The predicted octanol–water partition coefficient (Wildman–Crippen LogP) is 2.52. The number of anilines is 1. The molecule has 3 nitrogen and oxygen atoms in total.